The summed E-state index contributed by atoms with van der Waals surface area (Å²) in [6, 6.07) is 8.86. The van der Waals surface area contributed by atoms with E-state index in [0.717, 1.165) is 24.4 Å². The topological polar surface area (TPSA) is 59.8 Å². The first-order chi connectivity index (χ1) is 11.3. The Hall–Kier alpha value is -1.82. The van der Waals surface area contributed by atoms with Crippen molar-refractivity contribution in [1.29, 1.82) is 0 Å². The Kier molecular flexibility index (Phi) is 4.08. The van der Waals surface area contributed by atoms with Crippen molar-refractivity contribution >= 4 is 17.7 Å². The van der Waals surface area contributed by atoms with E-state index in [9.17, 15) is 4.79 Å². The molecule has 0 bridgehead atoms. The molecule has 1 atom stereocenters. The first-order valence-electron chi connectivity index (χ1n) is 8.18. The van der Waals surface area contributed by atoms with E-state index in [4.69, 9.17) is 0 Å². The van der Waals surface area contributed by atoms with Gasteiger partial charge in [0.2, 0.25) is 5.91 Å². The third-order valence-corrected chi connectivity index (χ3v) is 5.71. The molecule has 120 valence electrons. The molecule has 1 aliphatic heterocycles. The molecule has 23 heavy (non-hydrogen) atoms. The quantitative estimate of drug-likeness (QED) is 0.915. The van der Waals surface area contributed by atoms with Crippen LogP contribution in [0.4, 0.5) is 0 Å². The van der Waals surface area contributed by atoms with Crippen LogP contribution in [-0.4, -0.2) is 33.0 Å². The Bertz CT molecular complexity index is 710. The van der Waals surface area contributed by atoms with Crippen LogP contribution in [0.5, 0.6) is 0 Å². The molecule has 1 aromatic heterocycles. The normalized spacial score (nSPS) is 20.1. The monoisotopic (exact) mass is 328 g/mol. The Labute approximate surface area is 139 Å². The van der Waals surface area contributed by atoms with Crippen LogP contribution in [-0.2, 0) is 17.6 Å². The van der Waals surface area contributed by atoms with Crippen LogP contribution in [0.15, 0.2) is 30.6 Å². The summed E-state index contributed by atoms with van der Waals surface area (Å²) in [6.45, 7) is 0.615. The van der Waals surface area contributed by atoms with Crippen LogP contribution >= 0.6 is 11.8 Å². The summed E-state index contributed by atoms with van der Waals surface area (Å²) in [6.07, 6.45) is 6.03. The Balaban J connectivity index is 1.36. The third-order valence-electron chi connectivity index (χ3n) is 4.47. The van der Waals surface area contributed by atoms with Gasteiger partial charge >= 0.3 is 0 Å². The molecule has 0 unspecified atom stereocenters. The number of thioether (sulfide) groups is 1. The van der Waals surface area contributed by atoms with Gasteiger partial charge in [-0.3, -0.25) is 4.79 Å². The van der Waals surface area contributed by atoms with Crippen molar-refractivity contribution in [3.63, 3.8) is 0 Å². The Morgan fingerprint density at radius 3 is 3.09 bits per heavy atom. The third kappa shape index (κ3) is 3.13. The lowest BCUT2D eigenvalue weighted by Crippen LogP contribution is -2.32. The molecule has 6 heteroatoms. The number of nitrogens with one attached hydrogen (secondary N) is 1. The molecular weight excluding hydrogens is 308 g/mol. The Morgan fingerprint density at radius 1 is 1.35 bits per heavy atom. The molecule has 2 heterocycles. The van der Waals surface area contributed by atoms with E-state index in [1.165, 1.54) is 24.0 Å². The molecule has 1 saturated carbocycles. The van der Waals surface area contributed by atoms with Crippen molar-refractivity contribution in [2.75, 3.05) is 12.3 Å². The molecule has 1 amide bonds. The number of aromatic nitrogens is 3. The number of carbonyl (C=O) groups is 1. The molecule has 1 fully saturated rings. The second-order valence-electron chi connectivity index (χ2n) is 6.13. The fourth-order valence-electron chi connectivity index (χ4n) is 3.10. The fourth-order valence-corrected chi connectivity index (χ4v) is 4.32. The van der Waals surface area contributed by atoms with Gasteiger partial charge in [-0.05, 0) is 36.1 Å². The van der Waals surface area contributed by atoms with Crippen LogP contribution in [0.1, 0.15) is 41.1 Å². The summed E-state index contributed by atoms with van der Waals surface area (Å²) in [5, 5.41) is 11.2. The molecule has 0 radical (unpaired) electrons. The van der Waals surface area contributed by atoms with Crippen LogP contribution < -0.4 is 5.32 Å². The minimum absolute atomic E-state index is 0.0822. The minimum Gasteiger partial charge on any atom is -0.354 e. The van der Waals surface area contributed by atoms with Gasteiger partial charge in [0.25, 0.3) is 0 Å². The highest BCUT2D eigenvalue weighted by Gasteiger charge is 2.28. The smallest absolute Gasteiger partial charge is 0.237 e. The van der Waals surface area contributed by atoms with E-state index >= 15 is 0 Å². The number of aryl methyl sites for hydroxylation is 1. The van der Waals surface area contributed by atoms with Crippen LogP contribution in [0.2, 0.25) is 0 Å². The zero-order chi connectivity index (χ0) is 15.6. The maximum absolute atomic E-state index is 12.5. The van der Waals surface area contributed by atoms with Crippen LogP contribution in [0.3, 0.4) is 0 Å². The lowest BCUT2D eigenvalue weighted by atomic mass is 10.0. The molecule has 2 aromatic rings. The molecule has 0 saturated heterocycles. The molecule has 1 aliphatic carbocycles. The van der Waals surface area contributed by atoms with Crippen molar-refractivity contribution < 1.29 is 4.79 Å². The van der Waals surface area contributed by atoms with Gasteiger partial charge < -0.3 is 9.88 Å². The van der Waals surface area contributed by atoms with Crippen molar-refractivity contribution in [3.05, 3.63) is 47.5 Å². The largest absolute Gasteiger partial charge is 0.354 e. The summed E-state index contributed by atoms with van der Waals surface area (Å²) in [7, 11) is 0. The van der Waals surface area contributed by atoms with Gasteiger partial charge in [-0.1, -0.05) is 24.3 Å². The molecule has 5 nitrogen and oxygen atoms in total. The highest BCUT2D eigenvalue weighted by Crippen LogP contribution is 2.37. The lowest BCUT2D eigenvalue weighted by Gasteiger charge is -2.24. The van der Waals surface area contributed by atoms with Crippen molar-refractivity contribution in [2.24, 2.45) is 0 Å². The SMILES string of the molecule is O=C(NCCc1nncn1C1CC1)[C@@H]1SCCc2ccccc21. The van der Waals surface area contributed by atoms with Gasteiger partial charge in [0, 0.05) is 19.0 Å². The van der Waals surface area contributed by atoms with E-state index in [1.807, 2.05) is 12.4 Å². The van der Waals surface area contributed by atoms with Crippen molar-refractivity contribution in [1.82, 2.24) is 20.1 Å². The number of hydrogen-bond acceptors (Lipinski definition) is 4. The van der Waals surface area contributed by atoms with E-state index < -0.39 is 0 Å². The van der Waals surface area contributed by atoms with Crippen LogP contribution in [0.25, 0.3) is 0 Å². The number of carbonyl (C=O) groups excluding carboxylic acids is 1. The van der Waals surface area contributed by atoms with E-state index in [2.05, 4.69) is 38.3 Å². The Morgan fingerprint density at radius 2 is 2.22 bits per heavy atom. The van der Waals surface area contributed by atoms with E-state index in [0.29, 0.717) is 12.6 Å². The second-order valence-corrected chi connectivity index (χ2v) is 7.34. The average Bonchev–Trinajstić information content (AvgIpc) is 3.33. The second kappa shape index (κ2) is 6.35. The fraction of sp³-hybridized carbons (Fsp3) is 0.471. The van der Waals surface area contributed by atoms with Crippen molar-refractivity contribution in [3.8, 4) is 0 Å². The predicted molar refractivity (Wildman–Crippen MR) is 90.4 cm³/mol. The van der Waals surface area contributed by atoms with E-state index in [1.54, 1.807) is 11.8 Å². The van der Waals surface area contributed by atoms with Gasteiger partial charge in [0.15, 0.2) is 0 Å². The first-order valence-corrected chi connectivity index (χ1v) is 9.23. The number of benzene rings is 1. The summed E-state index contributed by atoms with van der Waals surface area (Å²) < 4.78 is 2.15. The van der Waals surface area contributed by atoms with E-state index in [-0.39, 0.29) is 11.2 Å². The summed E-state index contributed by atoms with van der Waals surface area (Å²) >= 11 is 1.73. The molecular formula is C17H20N4OS. The maximum atomic E-state index is 12.5. The van der Waals surface area contributed by atoms with Crippen LogP contribution in [0, 0.1) is 0 Å². The van der Waals surface area contributed by atoms with Gasteiger partial charge in [-0.2, -0.15) is 0 Å². The molecule has 1 N–H and O–H groups in total. The minimum atomic E-state index is -0.0822. The lowest BCUT2D eigenvalue weighted by molar-refractivity contribution is -0.120. The van der Waals surface area contributed by atoms with Gasteiger partial charge in [0.1, 0.15) is 17.4 Å². The molecule has 0 spiro atoms. The number of nitrogens with zero attached hydrogens (tertiary/aromatic N) is 3. The van der Waals surface area contributed by atoms with Gasteiger partial charge in [-0.25, -0.2) is 0 Å². The predicted octanol–water partition coefficient (Wildman–Crippen LogP) is 2.30. The van der Waals surface area contributed by atoms with Crippen molar-refractivity contribution in [2.45, 2.75) is 37.0 Å². The summed E-state index contributed by atoms with van der Waals surface area (Å²) in [4.78, 5) is 12.5. The molecule has 4 rings (SSSR count). The molecule has 1 aromatic carbocycles. The summed E-state index contributed by atoms with van der Waals surface area (Å²) in [5.41, 5.74) is 2.47. The van der Waals surface area contributed by atoms with Gasteiger partial charge in [0.05, 0.1) is 0 Å². The summed E-state index contributed by atoms with van der Waals surface area (Å²) in [5.74, 6) is 2.09. The standard InChI is InChI=1S/C17H20N4OS/c22-17(16-14-4-2-1-3-12(14)8-10-23-16)18-9-7-15-20-19-11-21(15)13-5-6-13/h1-4,11,13,16H,5-10H2,(H,18,22)/t16-/m1/s1. The molecule has 2 aliphatic rings. The number of fused-ring (bicyclic) bond motifs is 1. The number of rotatable bonds is 5. The number of hydrogen-bond donors (Lipinski definition) is 1. The highest BCUT2D eigenvalue weighted by molar-refractivity contribution is 8.00. The first kappa shape index (κ1) is 14.8. The highest BCUT2D eigenvalue weighted by atomic mass is 32.2. The zero-order valence-electron chi connectivity index (χ0n) is 12.9. The maximum Gasteiger partial charge on any atom is 0.237 e. The zero-order valence-corrected chi connectivity index (χ0v) is 13.8. The number of amides is 1. The van der Waals surface area contributed by atoms with Gasteiger partial charge in [-0.15, -0.1) is 22.0 Å². The average molecular weight is 328 g/mol.